The van der Waals surface area contributed by atoms with Gasteiger partial charge in [-0.25, -0.2) is 0 Å². The Hall–Kier alpha value is -1.40. The third kappa shape index (κ3) is 8.69. The van der Waals surface area contributed by atoms with Gasteiger partial charge in [0.15, 0.2) is 23.9 Å². The highest BCUT2D eigenvalue weighted by Gasteiger charge is 2.39. The molecule has 8 nitrogen and oxygen atoms in total. The zero-order chi connectivity index (χ0) is 31.9. The highest BCUT2D eigenvalue weighted by molar-refractivity contribution is 9.11. The molecule has 0 radical (unpaired) electrons. The number of hydrogen-bond acceptors (Lipinski definition) is 8. The fraction of sp³-hybridized carbons (Fsp3) is 0.367. The Labute approximate surface area is 289 Å². The molecule has 0 aromatic heterocycles. The van der Waals surface area contributed by atoms with Crippen molar-refractivity contribution in [3.8, 4) is 17.2 Å². The SMILES string of the molecule is CCCCP(=S)(Oc1cc(Br)ccc1Br)OC(C(=O)N(CC1OCCO1)c1c(OC)c(Cl)cc(Cl)c1OC)c1ccccc1. The van der Waals surface area contributed by atoms with E-state index in [2.05, 4.69) is 38.8 Å². The van der Waals surface area contributed by atoms with Crippen LogP contribution in [0.1, 0.15) is 31.4 Å². The molecule has 44 heavy (non-hydrogen) atoms. The molecular formula is C30H32Br2Cl2NO7PS. The first-order chi connectivity index (χ1) is 21.1. The summed E-state index contributed by atoms with van der Waals surface area (Å²) in [6, 6.07) is 16.1. The zero-order valence-electron chi connectivity index (χ0n) is 24.3. The number of rotatable bonds is 14. The van der Waals surface area contributed by atoms with Crippen LogP contribution >= 0.6 is 61.6 Å². The molecule has 1 amide bonds. The van der Waals surface area contributed by atoms with E-state index in [-0.39, 0.29) is 33.8 Å². The molecule has 0 N–H and O–H groups in total. The number of nitrogens with zero attached hydrogens (tertiary/aromatic N) is 1. The van der Waals surface area contributed by atoms with Crippen molar-refractivity contribution in [2.75, 3.05) is 45.0 Å². The van der Waals surface area contributed by atoms with Gasteiger partial charge in [-0.3, -0.25) is 9.69 Å². The average molecular weight is 812 g/mol. The normalized spacial score (nSPS) is 15.4. The molecule has 3 aromatic rings. The summed E-state index contributed by atoms with van der Waals surface area (Å²) >= 11 is 26.3. The van der Waals surface area contributed by atoms with Crippen LogP contribution in [0.2, 0.25) is 10.0 Å². The van der Waals surface area contributed by atoms with Crippen LogP contribution in [0.5, 0.6) is 17.2 Å². The number of halogens is 4. The molecule has 1 heterocycles. The van der Waals surface area contributed by atoms with E-state index < -0.39 is 24.8 Å². The maximum absolute atomic E-state index is 14.9. The number of anilines is 1. The predicted octanol–water partition coefficient (Wildman–Crippen LogP) is 9.19. The van der Waals surface area contributed by atoms with Crippen LogP contribution in [0.15, 0.2) is 63.5 Å². The fourth-order valence-corrected chi connectivity index (χ4v) is 8.72. The maximum atomic E-state index is 14.9. The summed E-state index contributed by atoms with van der Waals surface area (Å²) in [7, 11) is 2.89. The molecule has 2 atom stereocenters. The average Bonchev–Trinajstić information content (AvgIpc) is 3.53. The van der Waals surface area contributed by atoms with Crippen LogP contribution in [0, 0.1) is 0 Å². The topological polar surface area (TPSA) is 75.7 Å². The van der Waals surface area contributed by atoms with Crippen molar-refractivity contribution in [1.82, 2.24) is 0 Å². The highest BCUT2D eigenvalue weighted by Crippen LogP contribution is 2.55. The van der Waals surface area contributed by atoms with Crippen molar-refractivity contribution in [3.05, 3.63) is 79.2 Å². The summed E-state index contributed by atoms with van der Waals surface area (Å²) in [6.45, 7) is -0.372. The summed E-state index contributed by atoms with van der Waals surface area (Å²) in [5.74, 6) is 0.386. The first-order valence-electron chi connectivity index (χ1n) is 13.7. The summed E-state index contributed by atoms with van der Waals surface area (Å²) in [6.07, 6.45) is 0.0845. The smallest absolute Gasteiger partial charge is 0.261 e. The van der Waals surface area contributed by atoms with Gasteiger partial charge in [-0.1, -0.05) is 82.8 Å². The minimum absolute atomic E-state index is 0.0369. The van der Waals surface area contributed by atoms with E-state index in [0.29, 0.717) is 35.2 Å². The Morgan fingerprint density at radius 2 is 1.68 bits per heavy atom. The molecular weight excluding hydrogens is 780 g/mol. The van der Waals surface area contributed by atoms with Crippen molar-refractivity contribution in [2.45, 2.75) is 32.2 Å². The molecule has 2 unspecified atom stereocenters. The summed E-state index contributed by atoms with van der Waals surface area (Å²) in [5.41, 5.74) is 0.781. The number of benzene rings is 3. The second-order valence-electron chi connectivity index (χ2n) is 9.63. The minimum atomic E-state index is -3.15. The Bertz CT molecular complexity index is 1470. The van der Waals surface area contributed by atoms with Gasteiger partial charge in [-0.05, 0) is 64.0 Å². The lowest BCUT2D eigenvalue weighted by Crippen LogP contribution is -2.42. The van der Waals surface area contributed by atoms with Gasteiger partial charge in [0.2, 0.25) is 6.49 Å². The lowest BCUT2D eigenvalue weighted by Gasteiger charge is -2.34. The van der Waals surface area contributed by atoms with Crippen molar-refractivity contribution in [1.29, 1.82) is 0 Å². The highest BCUT2D eigenvalue weighted by atomic mass is 79.9. The summed E-state index contributed by atoms with van der Waals surface area (Å²) in [4.78, 5) is 16.3. The largest absolute Gasteiger partial charge is 0.493 e. The second-order valence-corrected chi connectivity index (χ2v) is 15.9. The van der Waals surface area contributed by atoms with Crippen LogP contribution < -0.4 is 18.9 Å². The molecule has 0 spiro atoms. The van der Waals surface area contributed by atoms with Gasteiger partial charge in [0.1, 0.15) is 11.4 Å². The first kappa shape index (κ1) is 35.5. The number of ether oxygens (including phenoxy) is 4. The zero-order valence-corrected chi connectivity index (χ0v) is 30.7. The van der Waals surface area contributed by atoms with Gasteiger partial charge in [-0.15, -0.1) is 0 Å². The third-order valence-electron chi connectivity index (χ3n) is 6.59. The van der Waals surface area contributed by atoms with Gasteiger partial charge in [0, 0.05) is 10.6 Å². The van der Waals surface area contributed by atoms with E-state index in [1.54, 1.807) is 12.1 Å². The van der Waals surface area contributed by atoms with Crippen LogP contribution in [0.4, 0.5) is 5.69 Å². The predicted molar refractivity (Wildman–Crippen MR) is 184 cm³/mol. The van der Waals surface area contributed by atoms with Crippen LogP contribution in [-0.4, -0.2) is 52.3 Å². The Morgan fingerprint density at radius 3 is 2.27 bits per heavy atom. The van der Waals surface area contributed by atoms with E-state index in [9.17, 15) is 4.79 Å². The van der Waals surface area contributed by atoms with Gasteiger partial charge in [-0.2, -0.15) is 0 Å². The standard InChI is InChI=1S/C30H32Br2Cl2NO7PS/c1-4-5-15-43(44,41-24-16-20(31)11-12-21(24)32)42-27(19-9-7-6-8-10-19)30(36)35(18-25-39-13-14-40-25)26-28(37-2)22(33)17-23(34)29(26)38-3/h6-12,16-17,25,27H,4-5,13-15,18H2,1-3H3. The van der Waals surface area contributed by atoms with E-state index >= 15 is 0 Å². The van der Waals surface area contributed by atoms with E-state index in [1.165, 1.54) is 25.2 Å². The van der Waals surface area contributed by atoms with E-state index in [4.69, 9.17) is 63.0 Å². The maximum Gasteiger partial charge on any atom is 0.261 e. The van der Waals surface area contributed by atoms with Crippen molar-refractivity contribution < 1.29 is 32.8 Å². The van der Waals surface area contributed by atoms with Gasteiger partial charge < -0.3 is 28.0 Å². The number of methoxy groups -OCH3 is 2. The van der Waals surface area contributed by atoms with E-state index in [1.807, 2.05) is 36.4 Å². The van der Waals surface area contributed by atoms with E-state index in [0.717, 1.165) is 17.3 Å². The molecule has 4 rings (SSSR count). The molecule has 0 bridgehead atoms. The minimum Gasteiger partial charge on any atom is -0.493 e. The van der Waals surface area contributed by atoms with Crippen LogP contribution in [0.3, 0.4) is 0 Å². The lowest BCUT2D eigenvalue weighted by atomic mass is 10.1. The monoisotopic (exact) mass is 809 g/mol. The van der Waals surface area contributed by atoms with Gasteiger partial charge in [0.25, 0.3) is 5.91 Å². The number of amides is 1. The second kappa shape index (κ2) is 16.4. The van der Waals surface area contributed by atoms with Crippen molar-refractivity contribution >= 4 is 85.0 Å². The van der Waals surface area contributed by atoms with Crippen molar-refractivity contribution in [3.63, 3.8) is 0 Å². The Kier molecular flexibility index (Phi) is 13.2. The molecule has 1 saturated heterocycles. The molecule has 3 aromatic carbocycles. The summed E-state index contributed by atoms with van der Waals surface area (Å²) < 4.78 is 37.6. The number of unbranched alkanes of at least 4 members (excludes halogenated alkanes) is 1. The number of hydrogen-bond donors (Lipinski definition) is 0. The van der Waals surface area contributed by atoms with Crippen LogP contribution in [-0.2, 0) is 30.6 Å². The lowest BCUT2D eigenvalue weighted by molar-refractivity contribution is -0.127. The molecule has 1 fully saturated rings. The third-order valence-corrected chi connectivity index (χ3v) is 11.2. The molecule has 0 aliphatic carbocycles. The Morgan fingerprint density at radius 1 is 1.05 bits per heavy atom. The fourth-order valence-electron chi connectivity index (χ4n) is 4.51. The number of carbonyl (C=O) groups is 1. The van der Waals surface area contributed by atoms with Crippen LogP contribution in [0.25, 0.3) is 0 Å². The van der Waals surface area contributed by atoms with Crippen molar-refractivity contribution in [2.24, 2.45) is 0 Å². The quantitative estimate of drug-likeness (QED) is 0.149. The molecule has 238 valence electrons. The Balaban J connectivity index is 1.86. The molecule has 1 aliphatic rings. The van der Waals surface area contributed by atoms with Gasteiger partial charge in [0.05, 0.1) is 48.5 Å². The molecule has 1 aliphatic heterocycles. The molecule has 14 heteroatoms. The number of carbonyl (C=O) groups excluding carboxylic acids is 1. The summed E-state index contributed by atoms with van der Waals surface area (Å²) in [5, 5.41) is 0.375. The first-order valence-corrected chi connectivity index (χ1v) is 18.9. The molecule has 0 saturated carbocycles. The van der Waals surface area contributed by atoms with Gasteiger partial charge >= 0.3 is 0 Å².